The van der Waals surface area contributed by atoms with E-state index in [1.165, 1.54) is 31.2 Å². The second-order valence-corrected chi connectivity index (χ2v) is 5.22. The first-order valence-corrected chi connectivity index (χ1v) is 6.08. The van der Waals surface area contributed by atoms with E-state index in [0.717, 1.165) is 5.92 Å². The predicted octanol–water partition coefficient (Wildman–Crippen LogP) is 4.16. The van der Waals surface area contributed by atoms with Crippen molar-refractivity contribution in [2.24, 2.45) is 5.92 Å². The van der Waals surface area contributed by atoms with Crippen molar-refractivity contribution in [1.82, 2.24) is 0 Å². The van der Waals surface area contributed by atoms with Crippen molar-refractivity contribution in [3.63, 3.8) is 0 Å². The van der Waals surface area contributed by atoms with Gasteiger partial charge in [-0.3, -0.25) is 0 Å². The number of hydrogen-bond donors (Lipinski definition) is 0. The van der Waals surface area contributed by atoms with Crippen molar-refractivity contribution in [2.75, 3.05) is 0 Å². The molecule has 0 nitrogen and oxygen atoms in total. The van der Waals surface area contributed by atoms with Gasteiger partial charge in [0.25, 0.3) is 0 Å². The third kappa shape index (κ3) is 1.27. The molecule has 0 radical (unpaired) electrons. The van der Waals surface area contributed by atoms with Crippen LogP contribution in [-0.2, 0) is 5.41 Å². The van der Waals surface area contributed by atoms with Crippen LogP contribution in [0.3, 0.4) is 0 Å². The Hall–Kier alpha value is -1.04. The largest absolute Gasteiger partial charge is 0.0799 e. The van der Waals surface area contributed by atoms with Crippen LogP contribution in [-0.4, -0.2) is 0 Å². The Kier molecular flexibility index (Phi) is 1.98. The summed E-state index contributed by atoms with van der Waals surface area (Å²) in [5.74, 6) is 0.779. The number of rotatable bonds is 0. The lowest BCUT2D eigenvalue weighted by atomic mass is 9.61. The van der Waals surface area contributed by atoms with Gasteiger partial charge in [0.2, 0.25) is 0 Å². The molecule has 2 aliphatic rings. The van der Waals surface area contributed by atoms with Crippen molar-refractivity contribution >= 4 is 6.08 Å². The van der Waals surface area contributed by atoms with E-state index in [9.17, 15) is 0 Å². The first-order valence-electron chi connectivity index (χ1n) is 6.08. The van der Waals surface area contributed by atoms with Gasteiger partial charge in [-0.05, 0) is 35.3 Å². The van der Waals surface area contributed by atoms with E-state index < -0.39 is 0 Å². The second kappa shape index (κ2) is 3.23. The lowest BCUT2D eigenvalue weighted by molar-refractivity contribution is 0.245. The fraction of sp³-hybridized carbons (Fsp3) is 0.467. The average molecular weight is 198 g/mol. The maximum atomic E-state index is 2.46. The van der Waals surface area contributed by atoms with E-state index >= 15 is 0 Å². The molecular formula is C15H18. The average Bonchev–Trinajstić information content (AvgIpc) is 2.29. The van der Waals surface area contributed by atoms with Crippen LogP contribution in [0.2, 0.25) is 0 Å². The molecule has 0 aliphatic heterocycles. The normalized spacial score (nSPS) is 33.3. The van der Waals surface area contributed by atoms with Gasteiger partial charge in [0.15, 0.2) is 0 Å². The van der Waals surface area contributed by atoms with Gasteiger partial charge in [-0.15, -0.1) is 0 Å². The molecule has 1 aromatic carbocycles. The molecule has 0 heteroatoms. The van der Waals surface area contributed by atoms with Crippen LogP contribution in [0.1, 0.15) is 43.7 Å². The van der Waals surface area contributed by atoms with Crippen LogP contribution in [0, 0.1) is 5.92 Å². The zero-order valence-electron chi connectivity index (χ0n) is 9.37. The summed E-state index contributed by atoms with van der Waals surface area (Å²) in [4.78, 5) is 0. The fourth-order valence-electron chi connectivity index (χ4n) is 3.39. The zero-order chi connectivity index (χ0) is 10.3. The smallest absolute Gasteiger partial charge is 0.000653 e. The van der Waals surface area contributed by atoms with Gasteiger partial charge < -0.3 is 0 Å². The molecular weight excluding hydrogens is 180 g/mol. The third-order valence-electron chi connectivity index (χ3n) is 4.36. The lowest BCUT2D eigenvalue weighted by Crippen LogP contribution is -2.36. The molecule has 2 atom stereocenters. The fourth-order valence-corrected chi connectivity index (χ4v) is 3.39. The molecule has 0 amide bonds. The Morgan fingerprint density at radius 3 is 3.00 bits per heavy atom. The zero-order valence-corrected chi connectivity index (χ0v) is 9.37. The van der Waals surface area contributed by atoms with E-state index in [2.05, 4.69) is 43.3 Å². The van der Waals surface area contributed by atoms with Crippen LogP contribution in [0.5, 0.6) is 0 Å². The first kappa shape index (κ1) is 9.21. The Morgan fingerprint density at radius 2 is 2.07 bits per heavy atom. The Bertz CT molecular complexity index is 402. The SMILES string of the molecule is CC12CCCCC1C=Cc1ccccc12. The van der Waals surface area contributed by atoms with Crippen LogP contribution in [0.25, 0.3) is 6.08 Å². The number of benzene rings is 1. The van der Waals surface area contributed by atoms with E-state index in [0.29, 0.717) is 5.41 Å². The summed E-state index contributed by atoms with van der Waals surface area (Å²) in [5, 5.41) is 0. The summed E-state index contributed by atoms with van der Waals surface area (Å²) in [5.41, 5.74) is 3.44. The highest BCUT2D eigenvalue weighted by Crippen LogP contribution is 2.48. The van der Waals surface area contributed by atoms with Crippen molar-refractivity contribution in [3.8, 4) is 0 Å². The molecule has 78 valence electrons. The second-order valence-electron chi connectivity index (χ2n) is 5.22. The summed E-state index contributed by atoms with van der Waals surface area (Å²) in [6, 6.07) is 8.92. The van der Waals surface area contributed by atoms with Gasteiger partial charge in [-0.1, -0.05) is 56.2 Å². The quantitative estimate of drug-likeness (QED) is 0.587. The minimum atomic E-state index is 0.420. The summed E-state index contributed by atoms with van der Waals surface area (Å²) >= 11 is 0. The lowest BCUT2D eigenvalue weighted by Gasteiger charge is -2.43. The third-order valence-corrected chi connectivity index (χ3v) is 4.36. The molecule has 2 unspecified atom stereocenters. The highest BCUT2D eigenvalue weighted by atomic mass is 14.4. The van der Waals surface area contributed by atoms with Crippen molar-refractivity contribution in [3.05, 3.63) is 41.5 Å². The van der Waals surface area contributed by atoms with Crippen LogP contribution >= 0.6 is 0 Å². The monoisotopic (exact) mass is 198 g/mol. The predicted molar refractivity (Wildman–Crippen MR) is 64.8 cm³/mol. The van der Waals surface area contributed by atoms with Crippen molar-refractivity contribution in [2.45, 2.75) is 38.0 Å². The molecule has 0 saturated heterocycles. The van der Waals surface area contributed by atoms with Gasteiger partial charge in [0, 0.05) is 0 Å². The molecule has 3 rings (SSSR count). The van der Waals surface area contributed by atoms with Crippen LogP contribution in [0.15, 0.2) is 30.3 Å². The first-order chi connectivity index (χ1) is 7.31. The van der Waals surface area contributed by atoms with Gasteiger partial charge in [-0.25, -0.2) is 0 Å². The molecule has 0 N–H and O–H groups in total. The van der Waals surface area contributed by atoms with E-state index in [1.54, 1.807) is 5.56 Å². The molecule has 2 aliphatic carbocycles. The highest BCUT2D eigenvalue weighted by molar-refractivity contribution is 5.60. The maximum Gasteiger partial charge on any atom is -0.000653 e. The van der Waals surface area contributed by atoms with E-state index in [4.69, 9.17) is 0 Å². The molecule has 1 saturated carbocycles. The summed E-state index contributed by atoms with van der Waals surface area (Å²) in [6.07, 6.45) is 10.3. The molecule has 0 aromatic heterocycles. The molecule has 1 aromatic rings. The molecule has 1 fully saturated rings. The maximum absolute atomic E-state index is 2.46. The van der Waals surface area contributed by atoms with Gasteiger partial charge in [-0.2, -0.15) is 0 Å². The van der Waals surface area contributed by atoms with Crippen molar-refractivity contribution in [1.29, 1.82) is 0 Å². The van der Waals surface area contributed by atoms with E-state index in [1.807, 2.05) is 0 Å². The van der Waals surface area contributed by atoms with Gasteiger partial charge in [0.05, 0.1) is 0 Å². The number of fused-ring (bicyclic) bond motifs is 3. The number of hydrogen-bond acceptors (Lipinski definition) is 0. The standard InChI is InChI=1S/C15H18/c1-15-11-5-4-7-13(15)10-9-12-6-2-3-8-14(12)15/h2-3,6,8-10,13H,4-5,7,11H2,1H3. The summed E-state index contributed by atoms with van der Waals surface area (Å²) < 4.78 is 0. The van der Waals surface area contributed by atoms with Crippen LogP contribution < -0.4 is 0 Å². The molecule has 0 heterocycles. The van der Waals surface area contributed by atoms with E-state index in [-0.39, 0.29) is 0 Å². The number of allylic oxidation sites excluding steroid dienone is 1. The van der Waals surface area contributed by atoms with Gasteiger partial charge >= 0.3 is 0 Å². The Morgan fingerprint density at radius 1 is 1.20 bits per heavy atom. The minimum Gasteiger partial charge on any atom is -0.0799 e. The topological polar surface area (TPSA) is 0 Å². The van der Waals surface area contributed by atoms with Gasteiger partial charge in [0.1, 0.15) is 0 Å². The molecule has 0 bridgehead atoms. The Labute approximate surface area is 92.0 Å². The minimum absolute atomic E-state index is 0.420. The highest BCUT2D eigenvalue weighted by Gasteiger charge is 2.39. The van der Waals surface area contributed by atoms with Crippen LogP contribution in [0.4, 0.5) is 0 Å². The molecule has 15 heavy (non-hydrogen) atoms. The summed E-state index contributed by atoms with van der Waals surface area (Å²) in [6.45, 7) is 2.46. The summed E-state index contributed by atoms with van der Waals surface area (Å²) in [7, 11) is 0. The molecule has 0 spiro atoms. The Balaban J connectivity index is 2.14. The van der Waals surface area contributed by atoms with Crippen molar-refractivity contribution < 1.29 is 0 Å².